The Morgan fingerprint density at radius 2 is 1.97 bits per heavy atom. The number of halogens is 1. The molecule has 4 rings (SSSR count). The monoisotopic (exact) mass is 423 g/mol. The van der Waals surface area contributed by atoms with Crippen molar-refractivity contribution in [2.75, 3.05) is 6.54 Å². The summed E-state index contributed by atoms with van der Waals surface area (Å²) in [5.74, 6) is -0.0693. The van der Waals surface area contributed by atoms with Gasteiger partial charge in [0, 0.05) is 22.4 Å². The lowest BCUT2D eigenvalue weighted by molar-refractivity contribution is -0.122. The highest BCUT2D eigenvalue weighted by atomic mass is 32.1. The van der Waals surface area contributed by atoms with Gasteiger partial charge in [-0.3, -0.25) is 9.59 Å². The fourth-order valence-electron chi connectivity index (χ4n) is 3.62. The molecule has 3 aromatic rings. The Morgan fingerprint density at radius 1 is 1.20 bits per heavy atom. The number of hydrogen-bond acceptors (Lipinski definition) is 4. The van der Waals surface area contributed by atoms with Crippen LogP contribution in [-0.2, 0) is 11.2 Å². The highest BCUT2D eigenvalue weighted by molar-refractivity contribution is 7.17. The van der Waals surface area contributed by atoms with Gasteiger partial charge in [0.2, 0.25) is 5.91 Å². The number of benzene rings is 2. The number of amides is 1. The maximum absolute atomic E-state index is 14.2. The number of carbonyl (C=O) groups excluding carboxylic acids is 2. The highest BCUT2D eigenvalue weighted by Crippen LogP contribution is 2.42. The Bertz CT molecular complexity index is 1090. The van der Waals surface area contributed by atoms with Gasteiger partial charge in [-0.25, -0.2) is 4.39 Å². The van der Waals surface area contributed by atoms with Crippen molar-refractivity contribution in [3.05, 3.63) is 76.4 Å². The quantitative estimate of drug-likeness (QED) is 0.569. The van der Waals surface area contributed by atoms with Crippen LogP contribution in [0.15, 0.2) is 54.6 Å². The number of ether oxygens (including phenoxy) is 1. The van der Waals surface area contributed by atoms with Crippen molar-refractivity contribution in [2.45, 2.75) is 32.3 Å². The molecule has 1 aliphatic rings. The van der Waals surface area contributed by atoms with E-state index in [1.807, 2.05) is 43.3 Å². The first-order valence-electron chi connectivity index (χ1n) is 9.85. The van der Waals surface area contributed by atoms with E-state index in [9.17, 15) is 14.0 Å². The third-order valence-electron chi connectivity index (χ3n) is 5.28. The molecule has 0 saturated carbocycles. The molecular weight excluding hydrogens is 401 g/mol. The predicted molar refractivity (Wildman–Crippen MR) is 116 cm³/mol. The summed E-state index contributed by atoms with van der Waals surface area (Å²) in [6.07, 6.45) is 0.255. The SMILES string of the molecule is CC(=O)c1ccc(-c2cc(F)cc3c2OC(CNC(=O)C(C)c2ccccc2)C3)s1. The van der Waals surface area contributed by atoms with E-state index in [0.717, 1.165) is 16.0 Å². The summed E-state index contributed by atoms with van der Waals surface area (Å²) >= 11 is 1.32. The van der Waals surface area contributed by atoms with Gasteiger partial charge in [0.15, 0.2) is 5.78 Å². The molecule has 4 nitrogen and oxygen atoms in total. The molecule has 1 N–H and O–H groups in total. The Balaban J connectivity index is 1.46. The van der Waals surface area contributed by atoms with Crippen LogP contribution >= 0.6 is 11.3 Å². The molecule has 2 heterocycles. The molecule has 0 radical (unpaired) electrons. The molecule has 1 amide bonds. The Hall–Kier alpha value is -2.99. The zero-order valence-electron chi connectivity index (χ0n) is 16.8. The molecule has 2 aromatic carbocycles. The number of hydrogen-bond donors (Lipinski definition) is 1. The van der Waals surface area contributed by atoms with Crippen LogP contribution in [-0.4, -0.2) is 24.3 Å². The average molecular weight is 424 g/mol. The number of fused-ring (bicyclic) bond motifs is 1. The lowest BCUT2D eigenvalue weighted by Gasteiger charge is -2.16. The molecular formula is C24H22FNO3S. The van der Waals surface area contributed by atoms with Crippen LogP contribution < -0.4 is 10.1 Å². The van der Waals surface area contributed by atoms with Crippen LogP contribution in [0.1, 0.15) is 40.6 Å². The molecule has 30 heavy (non-hydrogen) atoms. The Kier molecular flexibility index (Phi) is 5.68. The van der Waals surface area contributed by atoms with Gasteiger partial charge in [-0.1, -0.05) is 30.3 Å². The molecule has 0 spiro atoms. The maximum Gasteiger partial charge on any atom is 0.227 e. The van der Waals surface area contributed by atoms with Crippen molar-refractivity contribution in [3.63, 3.8) is 0 Å². The average Bonchev–Trinajstić information content (AvgIpc) is 3.38. The summed E-state index contributed by atoms with van der Waals surface area (Å²) < 4.78 is 20.3. The van der Waals surface area contributed by atoms with E-state index in [-0.39, 0.29) is 29.5 Å². The first-order valence-corrected chi connectivity index (χ1v) is 10.7. The minimum Gasteiger partial charge on any atom is -0.487 e. The number of ketones is 1. The molecule has 1 aromatic heterocycles. The van der Waals surface area contributed by atoms with Crippen molar-refractivity contribution in [1.29, 1.82) is 0 Å². The van der Waals surface area contributed by atoms with Crippen LogP contribution in [0, 0.1) is 5.82 Å². The predicted octanol–water partition coefficient (Wildman–Crippen LogP) is 4.98. The number of rotatable bonds is 6. The second kappa shape index (κ2) is 8.40. The van der Waals surface area contributed by atoms with E-state index < -0.39 is 0 Å². The third kappa shape index (κ3) is 4.14. The van der Waals surface area contributed by atoms with E-state index >= 15 is 0 Å². The van der Waals surface area contributed by atoms with Crippen molar-refractivity contribution in [3.8, 4) is 16.2 Å². The standard InChI is InChI=1S/C24H22FNO3S/c1-14(16-6-4-3-5-7-16)24(28)26-13-19-11-17-10-18(25)12-20(23(17)29-19)22-9-8-21(30-22)15(2)27/h3-10,12,14,19H,11,13H2,1-2H3,(H,26,28). The van der Waals surface area contributed by atoms with Crippen LogP contribution in [0.3, 0.4) is 0 Å². The van der Waals surface area contributed by atoms with Crippen molar-refractivity contribution >= 4 is 23.0 Å². The first kappa shape index (κ1) is 20.3. The fraction of sp³-hybridized carbons (Fsp3) is 0.250. The smallest absolute Gasteiger partial charge is 0.227 e. The minimum absolute atomic E-state index is 0.0201. The topological polar surface area (TPSA) is 55.4 Å². The summed E-state index contributed by atoms with van der Waals surface area (Å²) in [6, 6.07) is 16.1. The largest absolute Gasteiger partial charge is 0.487 e. The lowest BCUT2D eigenvalue weighted by atomic mass is 10.0. The zero-order chi connectivity index (χ0) is 21.3. The number of thiophene rings is 1. The minimum atomic E-state index is -0.340. The number of Topliss-reactive ketones (excluding diaryl/α,β-unsaturated/α-hetero) is 1. The van der Waals surface area contributed by atoms with Crippen molar-refractivity contribution in [2.24, 2.45) is 0 Å². The molecule has 0 saturated heterocycles. The molecule has 0 bridgehead atoms. The second-order valence-electron chi connectivity index (χ2n) is 7.48. The first-order chi connectivity index (χ1) is 14.4. The van der Waals surface area contributed by atoms with Crippen LogP contribution in [0.5, 0.6) is 5.75 Å². The van der Waals surface area contributed by atoms with Gasteiger partial charge >= 0.3 is 0 Å². The molecule has 0 fully saturated rings. The molecule has 154 valence electrons. The molecule has 2 unspecified atom stereocenters. The third-order valence-corrected chi connectivity index (χ3v) is 6.50. The van der Waals surface area contributed by atoms with E-state index in [4.69, 9.17) is 4.74 Å². The van der Waals surface area contributed by atoms with E-state index in [1.165, 1.54) is 30.4 Å². The van der Waals surface area contributed by atoms with E-state index in [2.05, 4.69) is 5.32 Å². The Morgan fingerprint density at radius 3 is 2.67 bits per heavy atom. The zero-order valence-corrected chi connectivity index (χ0v) is 17.6. The molecule has 6 heteroatoms. The number of carbonyl (C=O) groups is 2. The summed E-state index contributed by atoms with van der Waals surface area (Å²) in [5.41, 5.74) is 2.38. The summed E-state index contributed by atoms with van der Waals surface area (Å²) in [4.78, 5) is 25.6. The Labute approximate surface area is 178 Å². The fourth-order valence-corrected chi connectivity index (χ4v) is 4.54. The summed E-state index contributed by atoms with van der Waals surface area (Å²) in [6.45, 7) is 3.72. The highest BCUT2D eigenvalue weighted by Gasteiger charge is 2.28. The van der Waals surface area contributed by atoms with Gasteiger partial charge in [-0.2, -0.15) is 0 Å². The lowest BCUT2D eigenvalue weighted by Crippen LogP contribution is -2.36. The van der Waals surface area contributed by atoms with Crippen molar-refractivity contribution < 1.29 is 18.7 Å². The van der Waals surface area contributed by atoms with Gasteiger partial charge in [0.1, 0.15) is 17.7 Å². The molecule has 0 aliphatic carbocycles. The van der Waals surface area contributed by atoms with Crippen LogP contribution in [0.2, 0.25) is 0 Å². The van der Waals surface area contributed by atoms with Crippen LogP contribution in [0.4, 0.5) is 4.39 Å². The van der Waals surface area contributed by atoms with Crippen LogP contribution in [0.25, 0.3) is 10.4 Å². The number of nitrogens with one attached hydrogen (secondary N) is 1. The van der Waals surface area contributed by atoms with Gasteiger partial charge in [-0.05, 0) is 43.7 Å². The van der Waals surface area contributed by atoms with E-state index in [1.54, 1.807) is 6.07 Å². The molecule has 2 atom stereocenters. The van der Waals surface area contributed by atoms with E-state index in [0.29, 0.717) is 29.2 Å². The summed E-state index contributed by atoms with van der Waals surface area (Å²) in [7, 11) is 0. The second-order valence-corrected chi connectivity index (χ2v) is 8.57. The summed E-state index contributed by atoms with van der Waals surface area (Å²) in [5, 5.41) is 2.95. The molecule has 1 aliphatic heterocycles. The van der Waals surface area contributed by atoms with Gasteiger partial charge in [0.25, 0.3) is 0 Å². The maximum atomic E-state index is 14.2. The van der Waals surface area contributed by atoms with Gasteiger partial charge in [0.05, 0.1) is 17.3 Å². The van der Waals surface area contributed by atoms with Gasteiger partial charge in [-0.15, -0.1) is 11.3 Å². The normalized spacial score (nSPS) is 15.9. The van der Waals surface area contributed by atoms with Crippen molar-refractivity contribution in [1.82, 2.24) is 5.32 Å². The van der Waals surface area contributed by atoms with Gasteiger partial charge < -0.3 is 10.1 Å².